The van der Waals surface area contributed by atoms with Gasteiger partial charge in [-0.3, -0.25) is 4.79 Å². The van der Waals surface area contributed by atoms with E-state index < -0.39 is 0 Å². The third-order valence-corrected chi connectivity index (χ3v) is 6.86. The number of nitrogen functional groups attached to an aromatic ring is 1. The van der Waals surface area contributed by atoms with Gasteiger partial charge in [0.1, 0.15) is 17.2 Å². The molecule has 2 aliphatic carbocycles. The van der Waals surface area contributed by atoms with Crippen molar-refractivity contribution < 1.29 is 4.79 Å². The number of imidazole rings is 1. The van der Waals surface area contributed by atoms with Gasteiger partial charge in [-0.25, -0.2) is 14.6 Å². The highest BCUT2D eigenvalue weighted by Gasteiger charge is 2.28. The zero-order valence-electron chi connectivity index (χ0n) is 18.3. The molecule has 1 saturated carbocycles. The summed E-state index contributed by atoms with van der Waals surface area (Å²) >= 11 is 0. The number of carbonyl (C=O) groups excluding carboxylic acids is 1. The van der Waals surface area contributed by atoms with Gasteiger partial charge in [-0.1, -0.05) is 5.21 Å². The van der Waals surface area contributed by atoms with Crippen LogP contribution >= 0.6 is 0 Å². The monoisotopic (exact) mass is 442 g/mol. The summed E-state index contributed by atoms with van der Waals surface area (Å²) in [6.07, 6.45) is 12.2. The standard InChI is InChI=1S/C24H26N8O/c25-9-16-7-17(14-1-2-14)10-31-11-18(28-24(16)31)12-32-13-21(29-30-32)22(33)8-15-3-4-20-19(15)5-6-27-23(20)26/h5-7,10-11,13-15H,1-4,8-9,12,25H2,(H2,26,27). The molecule has 0 radical (unpaired) electrons. The lowest BCUT2D eigenvalue weighted by molar-refractivity contribution is 0.0968. The summed E-state index contributed by atoms with van der Waals surface area (Å²) in [5.41, 5.74) is 18.7. The Kier molecular flexibility index (Phi) is 4.72. The van der Waals surface area contributed by atoms with E-state index in [-0.39, 0.29) is 11.7 Å². The highest BCUT2D eigenvalue weighted by molar-refractivity contribution is 5.94. The SMILES string of the molecule is NCc1cc(C2CC2)cn2cc(Cn3cc(C(=O)CC4CCc5c4ccnc5N)nn3)nc12. The van der Waals surface area contributed by atoms with Crippen molar-refractivity contribution in [1.29, 1.82) is 0 Å². The summed E-state index contributed by atoms with van der Waals surface area (Å²) in [6.45, 7) is 0.897. The lowest BCUT2D eigenvalue weighted by Gasteiger charge is -2.09. The van der Waals surface area contributed by atoms with Crippen LogP contribution in [0.15, 0.2) is 36.9 Å². The third-order valence-electron chi connectivity index (χ3n) is 6.86. The summed E-state index contributed by atoms with van der Waals surface area (Å²) in [5, 5.41) is 8.31. The Balaban J connectivity index is 1.18. The van der Waals surface area contributed by atoms with Crippen LogP contribution in [0.3, 0.4) is 0 Å². The Morgan fingerprint density at radius 2 is 2.06 bits per heavy atom. The predicted octanol–water partition coefficient (Wildman–Crippen LogP) is 2.59. The number of nitrogens with two attached hydrogens (primary N) is 2. The van der Waals surface area contributed by atoms with Crippen molar-refractivity contribution in [3.05, 3.63) is 70.6 Å². The van der Waals surface area contributed by atoms with E-state index in [9.17, 15) is 4.79 Å². The second-order valence-corrected chi connectivity index (χ2v) is 9.17. The van der Waals surface area contributed by atoms with Gasteiger partial charge >= 0.3 is 0 Å². The quantitative estimate of drug-likeness (QED) is 0.421. The van der Waals surface area contributed by atoms with Gasteiger partial charge in [0.2, 0.25) is 0 Å². The number of anilines is 1. The molecule has 0 bridgehead atoms. The number of fused-ring (bicyclic) bond motifs is 2. The fraction of sp³-hybridized carbons (Fsp3) is 0.375. The Morgan fingerprint density at radius 3 is 2.88 bits per heavy atom. The van der Waals surface area contributed by atoms with Crippen molar-refractivity contribution >= 4 is 17.2 Å². The van der Waals surface area contributed by atoms with E-state index in [1.807, 2.05) is 12.3 Å². The molecule has 0 aromatic carbocycles. The normalized spacial score (nSPS) is 17.5. The minimum atomic E-state index is -0.0102. The van der Waals surface area contributed by atoms with E-state index in [0.29, 0.717) is 36.9 Å². The molecule has 4 N–H and O–H groups in total. The van der Waals surface area contributed by atoms with Crippen LogP contribution in [0.5, 0.6) is 0 Å². The van der Waals surface area contributed by atoms with Crippen molar-refractivity contribution in [2.45, 2.75) is 57.0 Å². The van der Waals surface area contributed by atoms with Crippen LogP contribution in [0.2, 0.25) is 0 Å². The second-order valence-electron chi connectivity index (χ2n) is 9.17. The fourth-order valence-electron chi connectivity index (χ4n) is 4.97. The molecule has 2 aliphatic rings. The molecule has 9 heteroatoms. The van der Waals surface area contributed by atoms with Crippen LogP contribution in [0, 0.1) is 0 Å². The van der Waals surface area contributed by atoms with Crippen molar-refractivity contribution in [3.63, 3.8) is 0 Å². The number of Topliss-reactive ketones (excluding diaryl/α,β-unsaturated/α-hetero) is 1. The molecular weight excluding hydrogens is 416 g/mol. The van der Waals surface area contributed by atoms with Gasteiger partial charge in [0.25, 0.3) is 0 Å². The van der Waals surface area contributed by atoms with Gasteiger partial charge < -0.3 is 15.9 Å². The first kappa shape index (κ1) is 20.0. The van der Waals surface area contributed by atoms with E-state index in [1.165, 1.54) is 18.4 Å². The largest absolute Gasteiger partial charge is 0.383 e. The van der Waals surface area contributed by atoms with Crippen LogP contribution in [0.1, 0.15) is 76.0 Å². The van der Waals surface area contributed by atoms with Gasteiger partial charge in [0.15, 0.2) is 5.78 Å². The molecule has 0 aliphatic heterocycles. The smallest absolute Gasteiger partial charge is 0.185 e. The Morgan fingerprint density at radius 1 is 1.18 bits per heavy atom. The number of aromatic nitrogens is 6. The second kappa shape index (κ2) is 7.77. The number of ketones is 1. The lowest BCUT2D eigenvalue weighted by atomic mass is 9.95. The first-order valence-corrected chi connectivity index (χ1v) is 11.5. The summed E-state index contributed by atoms with van der Waals surface area (Å²) < 4.78 is 3.73. The zero-order chi connectivity index (χ0) is 22.5. The van der Waals surface area contributed by atoms with Crippen LogP contribution in [-0.4, -0.2) is 35.1 Å². The molecule has 0 saturated heterocycles. The van der Waals surface area contributed by atoms with E-state index in [4.69, 9.17) is 16.5 Å². The molecule has 0 spiro atoms. The van der Waals surface area contributed by atoms with Crippen molar-refractivity contribution in [2.75, 3.05) is 5.73 Å². The zero-order valence-corrected chi connectivity index (χ0v) is 18.3. The van der Waals surface area contributed by atoms with E-state index >= 15 is 0 Å². The lowest BCUT2D eigenvalue weighted by Crippen LogP contribution is -2.06. The molecule has 6 rings (SSSR count). The van der Waals surface area contributed by atoms with E-state index in [1.54, 1.807) is 17.1 Å². The van der Waals surface area contributed by atoms with E-state index in [0.717, 1.165) is 40.9 Å². The molecule has 33 heavy (non-hydrogen) atoms. The van der Waals surface area contributed by atoms with Gasteiger partial charge in [-0.05, 0) is 66.3 Å². The highest BCUT2D eigenvalue weighted by Crippen LogP contribution is 2.40. The molecule has 4 heterocycles. The number of hydrogen-bond acceptors (Lipinski definition) is 7. The molecule has 9 nitrogen and oxygen atoms in total. The molecule has 1 unspecified atom stereocenters. The third kappa shape index (κ3) is 3.68. The van der Waals surface area contributed by atoms with Crippen molar-refractivity contribution in [2.24, 2.45) is 5.73 Å². The molecule has 1 fully saturated rings. The Bertz CT molecular complexity index is 1370. The Hall–Kier alpha value is -3.59. The first-order chi connectivity index (χ1) is 16.1. The summed E-state index contributed by atoms with van der Waals surface area (Å²) in [5.74, 6) is 1.36. The number of nitrogens with zero attached hydrogens (tertiary/aromatic N) is 6. The minimum Gasteiger partial charge on any atom is -0.383 e. The predicted molar refractivity (Wildman–Crippen MR) is 123 cm³/mol. The number of pyridine rings is 2. The van der Waals surface area contributed by atoms with Crippen LogP contribution in [-0.2, 0) is 19.5 Å². The van der Waals surface area contributed by atoms with Gasteiger partial charge in [-0.2, -0.15) is 0 Å². The van der Waals surface area contributed by atoms with Crippen LogP contribution in [0.25, 0.3) is 5.65 Å². The average molecular weight is 443 g/mol. The molecule has 1 atom stereocenters. The summed E-state index contributed by atoms with van der Waals surface area (Å²) in [6, 6.07) is 4.15. The van der Waals surface area contributed by atoms with Crippen LogP contribution in [0.4, 0.5) is 5.82 Å². The van der Waals surface area contributed by atoms with Crippen LogP contribution < -0.4 is 11.5 Å². The number of hydrogen-bond donors (Lipinski definition) is 2. The topological polar surface area (TPSA) is 130 Å². The number of carbonyl (C=O) groups is 1. The maximum absolute atomic E-state index is 12.9. The minimum absolute atomic E-state index is 0.0102. The average Bonchev–Trinajstić information content (AvgIpc) is 3.21. The maximum atomic E-state index is 12.9. The van der Waals surface area contributed by atoms with Gasteiger partial charge in [0, 0.05) is 37.1 Å². The van der Waals surface area contributed by atoms with E-state index in [2.05, 4.69) is 32.0 Å². The first-order valence-electron chi connectivity index (χ1n) is 11.5. The summed E-state index contributed by atoms with van der Waals surface area (Å²) in [7, 11) is 0. The molecule has 0 amide bonds. The molecular formula is C24H26N8O. The molecule has 4 aromatic heterocycles. The number of rotatable bonds is 7. The van der Waals surface area contributed by atoms with Gasteiger partial charge in [-0.15, -0.1) is 5.10 Å². The Labute approximate surface area is 190 Å². The van der Waals surface area contributed by atoms with Crippen molar-refractivity contribution in [3.8, 4) is 0 Å². The van der Waals surface area contributed by atoms with Crippen molar-refractivity contribution in [1.82, 2.24) is 29.4 Å². The molecule has 4 aromatic rings. The highest BCUT2D eigenvalue weighted by atomic mass is 16.1. The fourth-order valence-corrected chi connectivity index (χ4v) is 4.97. The summed E-state index contributed by atoms with van der Waals surface area (Å²) in [4.78, 5) is 21.8. The molecule has 168 valence electrons. The maximum Gasteiger partial charge on any atom is 0.185 e. The van der Waals surface area contributed by atoms with Gasteiger partial charge in [0.05, 0.1) is 18.4 Å².